The summed E-state index contributed by atoms with van der Waals surface area (Å²) in [5.74, 6) is 2.55. The van der Waals surface area contributed by atoms with Crippen molar-refractivity contribution in [2.75, 3.05) is 52.4 Å². The number of benzene rings is 3. The van der Waals surface area contributed by atoms with E-state index in [2.05, 4.69) is 21.9 Å². The second-order valence-corrected chi connectivity index (χ2v) is 9.33. The van der Waals surface area contributed by atoms with Gasteiger partial charge in [-0.05, 0) is 61.0 Å². The first-order chi connectivity index (χ1) is 18.4. The molecule has 198 valence electrons. The van der Waals surface area contributed by atoms with Crippen LogP contribution in [-0.2, 0) is 6.54 Å². The molecule has 0 unspecified atom stereocenters. The Morgan fingerprint density at radius 3 is 2.24 bits per heavy atom. The maximum absolute atomic E-state index is 13.7. The summed E-state index contributed by atoms with van der Waals surface area (Å²) < 4.78 is 22.3. The number of hydrogen-bond acceptors (Lipinski definition) is 8. The first-order valence-corrected chi connectivity index (χ1v) is 12.6. The summed E-state index contributed by atoms with van der Waals surface area (Å²) in [4.78, 5) is 18.3. The van der Waals surface area contributed by atoms with Crippen molar-refractivity contribution in [2.45, 2.75) is 13.5 Å². The van der Waals surface area contributed by atoms with Crippen molar-refractivity contribution < 1.29 is 23.7 Å². The monoisotopic (exact) mass is 516 g/mol. The van der Waals surface area contributed by atoms with Crippen molar-refractivity contribution in [3.63, 3.8) is 0 Å². The van der Waals surface area contributed by atoms with Crippen LogP contribution < -0.4 is 24.5 Å². The number of nitrogens with zero attached hydrogens (tertiary/aromatic N) is 2. The molecule has 8 heteroatoms. The molecule has 4 aromatic rings. The lowest BCUT2D eigenvalue weighted by Gasteiger charge is -2.36. The third kappa shape index (κ3) is 4.75. The van der Waals surface area contributed by atoms with E-state index < -0.39 is 0 Å². The third-order valence-corrected chi connectivity index (χ3v) is 7.18. The molecule has 0 radical (unpaired) electrons. The highest BCUT2D eigenvalue weighted by Gasteiger charge is 2.23. The average Bonchev–Trinajstić information content (AvgIpc) is 2.95. The van der Waals surface area contributed by atoms with Crippen LogP contribution in [0.3, 0.4) is 0 Å². The van der Waals surface area contributed by atoms with Gasteiger partial charge in [-0.1, -0.05) is 6.07 Å². The van der Waals surface area contributed by atoms with E-state index in [4.69, 9.17) is 18.6 Å². The smallest absolute Gasteiger partial charge is 0.200 e. The van der Waals surface area contributed by atoms with E-state index in [9.17, 15) is 9.90 Å². The van der Waals surface area contributed by atoms with Crippen LogP contribution in [0.5, 0.6) is 23.0 Å². The summed E-state index contributed by atoms with van der Waals surface area (Å²) in [7, 11) is 4.79. The van der Waals surface area contributed by atoms with Crippen LogP contribution in [0, 0.1) is 6.92 Å². The molecular weight excluding hydrogens is 484 g/mol. The summed E-state index contributed by atoms with van der Waals surface area (Å²) in [6, 6.07) is 16.6. The van der Waals surface area contributed by atoms with Crippen LogP contribution in [0.2, 0.25) is 0 Å². The molecule has 3 aromatic carbocycles. The van der Waals surface area contributed by atoms with Gasteiger partial charge in [0.25, 0.3) is 0 Å². The molecule has 1 aromatic heterocycles. The molecule has 8 nitrogen and oxygen atoms in total. The normalized spacial score (nSPS) is 14.1. The lowest BCUT2D eigenvalue weighted by molar-refractivity contribution is 0.246. The Bertz CT molecular complexity index is 1500. The fourth-order valence-corrected chi connectivity index (χ4v) is 5.07. The second kappa shape index (κ2) is 10.7. The molecule has 0 saturated carbocycles. The zero-order valence-electron chi connectivity index (χ0n) is 22.1. The van der Waals surface area contributed by atoms with Crippen molar-refractivity contribution in [2.24, 2.45) is 0 Å². The number of aryl methyl sites for hydroxylation is 1. The highest BCUT2D eigenvalue weighted by Crippen LogP contribution is 2.35. The van der Waals surface area contributed by atoms with Gasteiger partial charge in [0.2, 0.25) is 5.43 Å². The zero-order chi connectivity index (χ0) is 26.8. The maximum Gasteiger partial charge on any atom is 0.200 e. The Balaban J connectivity index is 1.42. The van der Waals surface area contributed by atoms with Crippen molar-refractivity contribution in [3.8, 4) is 34.1 Å². The third-order valence-electron chi connectivity index (χ3n) is 7.18. The molecule has 0 bridgehead atoms. The number of fused-ring (bicyclic) bond motifs is 1. The van der Waals surface area contributed by atoms with Crippen LogP contribution in [-0.4, -0.2) is 57.5 Å². The Morgan fingerprint density at radius 1 is 0.868 bits per heavy atom. The minimum Gasteiger partial charge on any atom is -0.507 e. The topological polar surface area (TPSA) is 84.6 Å². The van der Waals surface area contributed by atoms with Gasteiger partial charge in [-0.25, -0.2) is 0 Å². The lowest BCUT2D eigenvalue weighted by Crippen LogP contribution is -2.46. The summed E-state index contributed by atoms with van der Waals surface area (Å²) in [5.41, 5.74) is 3.20. The molecule has 1 aliphatic rings. The molecule has 0 amide bonds. The SMILES string of the molecule is COc1ccc(N2CCN(Cc3c(O)ccc4c(=O)c(-c5ccc(OC)c(OC)c5)c(C)oc34)CC2)cc1. The summed E-state index contributed by atoms with van der Waals surface area (Å²) in [5, 5.41) is 11.2. The maximum atomic E-state index is 13.7. The van der Waals surface area contributed by atoms with Gasteiger partial charge < -0.3 is 28.6 Å². The molecule has 1 saturated heterocycles. The lowest BCUT2D eigenvalue weighted by atomic mass is 10.00. The molecule has 0 aliphatic carbocycles. The molecule has 2 heterocycles. The minimum atomic E-state index is -0.151. The van der Waals surface area contributed by atoms with Crippen molar-refractivity contribution in [1.29, 1.82) is 0 Å². The Morgan fingerprint density at radius 2 is 1.58 bits per heavy atom. The number of hydrogen-bond donors (Lipinski definition) is 1. The Kier molecular flexibility index (Phi) is 7.15. The quantitative estimate of drug-likeness (QED) is 0.374. The predicted molar refractivity (Wildman–Crippen MR) is 148 cm³/mol. The number of piperazine rings is 1. The molecule has 38 heavy (non-hydrogen) atoms. The van der Waals surface area contributed by atoms with E-state index in [1.54, 1.807) is 52.5 Å². The van der Waals surface area contributed by atoms with Gasteiger partial charge in [0.15, 0.2) is 11.5 Å². The van der Waals surface area contributed by atoms with Crippen LogP contribution in [0.15, 0.2) is 63.8 Å². The van der Waals surface area contributed by atoms with Crippen LogP contribution in [0.4, 0.5) is 5.69 Å². The number of methoxy groups -OCH3 is 3. The zero-order valence-corrected chi connectivity index (χ0v) is 22.1. The number of rotatable bonds is 7. The van der Waals surface area contributed by atoms with Gasteiger partial charge in [0.1, 0.15) is 22.8 Å². The summed E-state index contributed by atoms with van der Waals surface area (Å²) in [6.45, 7) is 5.59. The number of phenolic OH excluding ortho intramolecular Hbond substituents is 1. The van der Waals surface area contributed by atoms with E-state index in [1.165, 1.54) is 0 Å². The van der Waals surface area contributed by atoms with E-state index in [0.717, 1.165) is 37.6 Å². The molecule has 1 N–H and O–H groups in total. The van der Waals surface area contributed by atoms with Gasteiger partial charge in [-0.2, -0.15) is 0 Å². The Labute approximate surface area is 221 Å². The highest BCUT2D eigenvalue weighted by atomic mass is 16.5. The average molecular weight is 517 g/mol. The van der Waals surface area contributed by atoms with Gasteiger partial charge >= 0.3 is 0 Å². The standard InChI is InChI=1S/C30H32N2O6/c1-19-28(20-5-12-26(36-3)27(17-20)37-4)29(34)23-10-11-25(33)24(30(23)38-19)18-31-13-15-32(16-14-31)21-6-8-22(35-2)9-7-21/h5-12,17,33H,13-16,18H2,1-4H3. The predicted octanol–water partition coefficient (Wildman–Crippen LogP) is 4.82. The van der Waals surface area contributed by atoms with Gasteiger partial charge in [-0.15, -0.1) is 0 Å². The van der Waals surface area contributed by atoms with Crippen LogP contribution >= 0.6 is 0 Å². The molecule has 1 fully saturated rings. The number of aromatic hydroxyl groups is 1. The van der Waals surface area contributed by atoms with Crippen LogP contribution in [0.1, 0.15) is 11.3 Å². The first kappa shape index (κ1) is 25.5. The van der Waals surface area contributed by atoms with Crippen LogP contribution in [0.25, 0.3) is 22.1 Å². The molecule has 0 atom stereocenters. The van der Waals surface area contributed by atoms with E-state index in [0.29, 0.717) is 51.5 Å². The Hall–Kier alpha value is -4.17. The fourth-order valence-electron chi connectivity index (χ4n) is 5.07. The highest BCUT2D eigenvalue weighted by molar-refractivity contribution is 5.87. The minimum absolute atomic E-state index is 0.122. The molecule has 5 rings (SSSR count). The van der Waals surface area contributed by atoms with Gasteiger partial charge in [-0.3, -0.25) is 9.69 Å². The molecule has 0 spiro atoms. The van der Waals surface area contributed by atoms with Crippen molar-refractivity contribution in [1.82, 2.24) is 4.90 Å². The van der Waals surface area contributed by atoms with E-state index >= 15 is 0 Å². The van der Waals surface area contributed by atoms with Crippen molar-refractivity contribution >= 4 is 16.7 Å². The number of phenols is 1. The van der Waals surface area contributed by atoms with E-state index in [-0.39, 0.29) is 11.2 Å². The number of ether oxygens (including phenoxy) is 3. The summed E-state index contributed by atoms with van der Waals surface area (Å²) >= 11 is 0. The number of anilines is 1. The van der Waals surface area contributed by atoms with Gasteiger partial charge in [0, 0.05) is 38.4 Å². The largest absolute Gasteiger partial charge is 0.507 e. The van der Waals surface area contributed by atoms with E-state index in [1.807, 2.05) is 18.2 Å². The van der Waals surface area contributed by atoms with Gasteiger partial charge in [0.05, 0.1) is 37.8 Å². The van der Waals surface area contributed by atoms with Crippen molar-refractivity contribution in [3.05, 3.63) is 76.1 Å². The second-order valence-electron chi connectivity index (χ2n) is 9.33. The molecule has 1 aliphatic heterocycles. The first-order valence-electron chi connectivity index (χ1n) is 12.6. The fraction of sp³-hybridized carbons (Fsp3) is 0.300. The molecular formula is C30H32N2O6. The summed E-state index contributed by atoms with van der Waals surface area (Å²) in [6.07, 6.45) is 0.